The van der Waals surface area contributed by atoms with Crippen molar-refractivity contribution < 1.29 is 4.79 Å². The minimum atomic E-state index is -0.0157. The zero-order chi connectivity index (χ0) is 9.42. The summed E-state index contributed by atoms with van der Waals surface area (Å²) in [4.78, 5) is 19.1. The molecule has 0 bridgehead atoms. The molecule has 0 unspecified atom stereocenters. The van der Waals surface area contributed by atoms with E-state index in [1.807, 2.05) is 22.6 Å². The van der Waals surface area contributed by atoms with Gasteiger partial charge in [0.15, 0.2) is 3.83 Å². The number of carbonyl (C=O) groups is 1. The third-order valence-corrected chi connectivity index (χ3v) is 2.58. The molecule has 1 aliphatic heterocycles. The molecule has 1 aromatic heterocycles. The van der Waals surface area contributed by atoms with Crippen molar-refractivity contribution in [2.24, 2.45) is 0 Å². The van der Waals surface area contributed by atoms with Crippen LogP contribution in [0.5, 0.6) is 0 Å². The van der Waals surface area contributed by atoms with E-state index in [0.29, 0.717) is 27.6 Å². The van der Waals surface area contributed by atoms with E-state index in [4.69, 9.17) is 11.6 Å². The Labute approximate surface area is 93.2 Å². The highest BCUT2D eigenvalue weighted by Crippen LogP contribution is 2.26. The predicted octanol–water partition coefficient (Wildman–Crippen LogP) is 1.62. The van der Waals surface area contributed by atoms with Gasteiger partial charge in [-0.25, -0.2) is 9.97 Å². The van der Waals surface area contributed by atoms with Crippen LogP contribution in [-0.4, -0.2) is 15.9 Å². The number of hydrogen-bond acceptors (Lipinski definition) is 3. The molecular weight excluding hydrogens is 304 g/mol. The number of fused-ring (bicyclic) bond motifs is 1. The first kappa shape index (κ1) is 9.14. The lowest BCUT2D eigenvalue weighted by molar-refractivity contribution is -0.116. The van der Waals surface area contributed by atoms with Gasteiger partial charge in [-0.2, -0.15) is 0 Å². The summed E-state index contributed by atoms with van der Waals surface area (Å²) in [6.45, 7) is 0. The summed E-state index contributed by atoms with van der Waals surface area (Å²) in [5.74, 6) is 0.540. The molecule has 0 fully saturated rings. The molecule has 1 aromatic rings. The van der Waals surface area contributed by atoms with Crippen LogP contribution in [0.3, 0.4) is 0 Å². The molecule has 1 amide bonds. The highest BCUT2D eigenvalue weighted by molar-refractivity contribution is 14.1. The standard InChI is InChI=1S/C7H5ClIN3O/c8-5-3-1-2-4(13)10-6(3)12-7(9)11-5/h1-2H2,(H,10,11,12,13). The quantitative estimate of drug-likeness (QED) is 0.450. The number of halogens is 2. The molecule has 2 heterocycles. The second-order valence-corrected chi connectivity index (χ2v) is 3.98. The Morgan fingerprint density at radius 3 is 2.92 bits per heavy atom. The van der Waals surface area contributed by atoms with E-state index in [0.717, 1.165) is 5.56 Å². The predicted molar refractivity (Wildman–Crippen MR) is 56.7 cm³/mol. The van der Waals surface area contributed by atoms with Gasteiger partial charge < -0.3 is 5.32 Å². The number of aromatic nitrogens is 2. The van der Waals surface area contributed by atoms with E-state index in [-0.39, 0.29) is 5.91 Å². The van der Waals surface area contributed by atoms with Gasteiger partial charge in [-0.15, -0.1) is 0 Å². The fraction of sp³-hybridized carbons (Fsp3) is 0.286. The first-order chi connectivity index (χ1) is 6.16. The van der Waals surface area contributed by atoms with Crippen molar-refractivity contribution in [3.8, 4) is 0 Å². The maximum absolute atomic E-state index is 11.0. The molecule has 0 radical (unpaired) electrons. The molecule has 2 rings (SSSR count). The van der Waals surface area contributed by atoms with E-state index in [9.17, 15) is 4.79 Å². The van der Waals surface area contributed by atoms with Crippen LogP contribution < -0.4 is 5.32 Å². The molecule has 0 saturated heterocycles. The van der Waals surface area contributed by atoms with Crippen LogP contribution in [0.1, 0.15) is 12.0 Å². The molecule has 4 nitrogen and oxygen atoms in total. The number of amides is 1. The van der Waals surface area contributed by atoms with E-state index < -0.39 is 0 Å². The SMILES string of the molecule is O=C1CCc2c(Cl)nc(I)nc2N1. The number of nitrogens with one attached hydrogen (secondary N) is 1. The van der Waals surface area contributed by atoms with E-state index in [2.05, 4.69) is 15.3 Å². The molecule has 6 heteroatoms. The number of rotatable bonds is 0. The Kier molecular flexibility index (Phi) is 2.37. The van der Waals surface area contributed by atoms with Crippen LogP contribution in [-0.2, 0) is 11.2 Å². The van der Waals surface area contributed by atoms with Gasteiger partial charge in [0, 0.05) is 34.6 Å². The molecule has 0 aliphatic carbocycles. The smallest absolute Gasteiger partial charge is 0.225 e. The first-order valence-corrected chi connectivity index (χ1v) is 5.14. The van der Waals surface area contributed by atoms with Gasteiger partial charge in [0.1, 0.15) is 11.0 Å². The maximum atomic E-state index is 11.0. The second-order valence-electron chi connectivity index (χ2n) is 2.66. The van der Waals surface area contributed by atoms with Crippen LogP contribution in [0.15, 0.2) is 0 Å². The molecule has 0 aromatic carbocycles. The van der Waals surface area contributed by atoms with Crippen molar-refractivity contribution in [3.63, 3.8) is 0 Å². The van der Waals surface area contributed by atoms with Crippen molar-refractivity contribution >= 4 is 45.9 Å². The maximum Gasteiger partial charge on any atom is 0.225 e. The molecule has 0 saturated carbocycles. The Hall–Kier alpha value is -0.430. The highest BCUT2D eigenvalue weighted by Gasteiger charge is 2.19. The molecule has 0 atom stereocenters. The largest absolute Gasteiger partial charge is 0.310 e. The average molecular weight is 309 g/mol. The summed E-state index contributed by atoms with van der Waals surface area (Å²) < 4.78 is 0.545. The second kappa shape index (κ2) is 3.38. The van der Waals surface area contributed by atoms with E-state index in [1.165, 1.54) is 0 Å². The fourth-order valence-corrected chi connectivity index (χ4v) is 2.08. The summed E-state index contributed by atoms with van der Waals surface area (Å²) in [6, 6.07) is 0. The Morgan fingerprint density at radius 2 is 2.15 bits per heavy atom. The summed E-state index contributed by atoms with van der Waals surface area (Å²) in [5, 5.41) is 3.10. The van der Waals surface area contributed by atoms with Crippen LogP contribution in [0.25, 0.3) is 0 Å². The third-order valence-electron chi connectivity index (χ3n) is 1.79. The number of hydrogen-bond donors (Lipinski definition) is 1. The van der Waals surface area contributed by atoms with Crippen molar-refractivity contribution in [3.05, 3.63) is 14.5 Å². The summed E-state index contributed by atoms with van der Waals surface area (Å²) in [6.07, 6.45) is 1.08. The minimum Gasteiger partial charge on any atom is -0.310 e. The van der Waals surface area contributed by atoms with Crippen LogP contribution in [0.4, 0.5) is 5.82 Å². The van der Waals surface area contributed by atoms with Crippen LogP contribution in [0.2, 0.25) is 5.15 Å². The van der Waals surface area contributed by atoms with Crippen molar-refractivity contribution in [1.82, 2.24) is 9.97 Å². The van der Waals surface area contributed by atoms with Gasteiger partial charge in [-0.05, 0) is 6.42 Å². The van der Waals surface area contributed by atoms with Crippen molar-refractivity contribution in [2.45, 2.75) is 12.8 Å². The number of nitrogens with zero attached hydrogens (tertiary/aromatic N) is 2. The Balaban J connectivity index is 2.53. The molecule has 0 spiro atoms. The topological polar surface area (TPSA) is 54.9 Å². The van der Waals surface area contributed by atoms with Gasteiger partial charge in [-0.3, -0.25) is 4.79 Å². The van der Waals surface area contributed by atoms with Gasteiger partial charge in [0.2, 0.25) is 5.91 Å². The molecule has 13 heavy (non-hydrogen) atoms. The lowest BCUT2D eigenvalue weighted by Gasteiger charge is -2.15. The molecule has 1 N–H and O–H groups in total. The Bertz CT molecular complexity index is 382. The van der Waals surface area contributed by atoms with Gasteiger partial charge in [0.25, 0.3) is 0 Å². The fourth-order valence-electron chi connectivity index (χ4n) is 1.19. The van der Waals surface area contributed by atoms with Crippen LogP contribution >= 0.6 is 34.2 Å². The van der Waals surface area contributed by atoms with Crippen LogP contribution in [0, 0.1) is 3.83 Å². The normalized spacial score (nSPS) is 15.1. The summed E-state index contributed by atoms with van der Waals surface area (Å²) in [7, 11) is 0. The van der Waals surface area contributed by atoms with Gasteiger partial charge in [-0.1, -0.05) is 11.6 Å². The molecule has 1 aliphatic rings. The molecule has 68 valence electrons. The third kappa shape index (κ3) is 1.76. The summed E-state index contributed by atoms with van der Waals surface area (Å²) >= 11 is 7.85. The average Bonchev–Trinajstić information content (AvgIpc) is 2.02. The Morgan fingerprint density at radius 1 is 1.38 bits per heavy atom. The monoisotopic (exact) mass is 309 g/mol. The number of carbonyl (C=O) groups excluding carboxylic acids is 1. The van der Waals surface area contributed by atoms with Crippen molar-refractivity contribution in [2.75, 3.05) is 5.32 Å². The van der Waals surface area contributed by atoms with E-state index >= 15 is 0 Å². The lowest BCUT2D eigenvalue weighted by Crippen LogP contribution is -2.21. The zero-order valence-electron chi connectivity index (χ0n) is 6.47. The van der Waals surface area contributed by atoms with E-state index in [1.54, 1.807) is 0 Å². The van der Waals surface area contributed by atoms with Gasteiger partial charge in [0.05, 0.1) is 0 Å². The molecular formula is C7H5ClIN3O. The minimum absolute atomic E-state index is 0.0157. The highest BCUT2D eigenvalue weighted by atomic mass is 127. The lowest BCUT2D eigenvalue weighted by atomic mass is 10.1. The van der Waals surface area contributed by atoms with Crippen molar-refractivity contribution in [1.29, 1.82) is 0 Å². The first-order valence-electron chi connectivity index (χ1n) is 3.68. The summed E-state index contributed by atoms with van der Waals surface area (Å²) in [5.41, 5.74) is 0.835. The zero-order valence-corrected chi connectivity index (χ0v) is 9.39. The van der Waals surface area contributed by atoms with Gasteiger partial charge >= 0.3 is 0 Å². The number of anilines is 1.